The Bertz CT molecular complexity index is 1830. The lowest BCUT2D eigenvalue weighted by Gasteiger charge is -2.19. The van der Waals surface area contributed by atoms with E-state index in [1.54, 1.807) is 56.5 Å². The van der Waals surface area contributed by atoms with Gasteiger partial charge in [-0.25, -0.2) is 4.57 Å². The van der Waals surface area contributed by atoms with E-state index >= 15 is 0 Å². The molecule has 0 aromatic heterocycles. The molecule has 2 aliphatic rings. The Morgan fingerprint density at radius 1 is 0.786 bits per heavy atom. The summed E-state index contributed by atoms with van der Waals surface area (Å²) in [5, 5.41) is 9.54. The van der Waals surface area contributed by atoms with Crippen LogP contribution in [0.3, 0.4) is 0 Å². The zero-order valence-electron chi connectivity index (χ0n) is 22.5. The molecule has 0 saturated carbocycles. The number of rotatable bonds is 7. The molecule has 2 N–H and O–H groups in total. The van der Waals surface area contributed by atoms with Gasteiger partial charge in [-0.15, -0.1) is 0 Å². The van der Waals surface area contributed by atoms with Gasteiger partial charge in [0.2, 0.25) is 0 Å². The van der Waals surface area contributed by atoms with Crippen molar-refractivity contribution >= 4 is 61.0 Å². The Labute approximate surface area is 251 Å². The average Bonchev–Trinajstić information content (AvgIpc) is 3.23. The van der Waals surface area contributed by atoms with E-state index < -0.39 is 19.7 Å². The Hall–Kier alpha value is -3.88. The van der Waals surface area contributed by atoms with Crippen LogP contribution in [0.2, 0.25) is 0 Å². The molecular weight excluding hydrogens is 591 g/mol. The summed E-state index contributed by atoms with van der Waals surface area (Å²) in [6.07, 6.45) is 3.38. The molecule has 0 fully saturated rings. The maximum Gasteiger partial charge on any atom is 0.584 e. The van der Waals surface area contributed by atoms with Crippen LogP contribution in [0.4, 0.5) is 0 Å². The number of aliphatic carboxylic acids is 1. The third-order valence-corrected chi connectivity index (χ3v) is 10.1. The summed E-state index contributed by atoms with van der Waals surface area (Å²) in [6.45, 7) is 1.61. The van der Waals surface area contributed by atoms with Gasteiger partial charge in [-0.2, -0.15) is 0 Å². The highest BCUT2D eigenvalue weighted by atomic mass is 32.2. The minimum Gasteiger partial charge on any atom is -0.496 e. The van der Waals surface area contributed by atoms with E-state index in [-0.39, 0.29) is 11.5 Å². The van der Waals surface area contributed by atoms with Crippen molar-refractivity contribution < 1.29 is 33.1 Å². The summed E-state index contributed by atoms with van der Waals surface area (Å²) >= 11 is 2.95. The summed E-state index contributed by atoms with van der Waals surface area (Å²) in [6, 6.07) is 25.9. The van der Waals surface area contributed by atoms with E-state index in [1.165, 1.54) is 23.5 Å². The molecule has 42 heavy (non-hydrogen) atoms. The molecule has 2 heterocycles. The minimum absolute atomic E-state index is 0.137. The molecule has 212 valence electrons. The van der Waals surface area contributed by atoms with Crippen LogP contribution in [0.25, 0.3) is 23.7 Å². The normalized spacial score (nSPS) is 15.5. The molecule has 4 aromatic carbocycles. The highest BCUT2D eigenvalue weighted by Crippen LogP contribution is 2.56. The quantitative estimate of drug-likeness (QED) is 0.198. The van der Waals surface area contributed by atoms with Crippen LogP contribution in [-0.2, 0) is 18.4 Å². The monoisotopic (exact) mass is 616 g/mol. The van der Waals surface area contributed by atoms with Crippen LogP contribution in [-0.4, -0.2) is 23.1 Å². The van der Waals surface area contributed by atoms with Gasteiger partial charge in [0, 0.05) is 25.8 Å². The Balaban J connectivity index is 1.41. The zero-order chi connectivity index (χ0) is 29.4. The molecule has 2 atom stereocenters. The molecule has 0 spiro atoms. The standard InChI is InChI=1S/C32H25O7PS2/c1-19(32(33)34)20-14-15-29-22(16-20)18-26(23-9-4-6-13-30(23)41-29)38-40(35,36)39-27-17-21-8-3-5-12-28(21)42-31-24(27)10-7-11-25(31)37-2/h3-19H,1-2H3,(H,33,34)(H,35,36). The summed E-state index contributed by atoms with van der Waals surface area (Å²) in [5.74, 6) is -0.755. The second-order valence-corrected chi connectivity index (χ2v) is 13.0. The first kappa shape index (κ1) is 28.2. The molecule has 2 aliphatic heterocycles. The second-order valence-electron chi connectivity index (χ2n) is 9.60. The molecule has 0 aliphatic carbocycles. The Morgan fingerprint density at radius 2 is 1.43 bits per heavy atom. The van der Waals surface area contributed by atoms with Crippen LogP contribution in [0, 0.1) is 0 Å². The number of phosphoric acid groups is 1. The lowest BCUT2D eigenvalue weighted by atomic mass is 9.98. The SMILES string of the molecule is COc1cccc2c1Sc1ccccc1C=C2OP(=O)(O)OC1=Cc2cc(C(C)C(=O)O)ccc2Sc2ccccc21. The number of fused-ring (bicyclic) bond motifs is 4. The van der Waals surface area contributed by atoms with E-state index in [9.17, 15) is 19.4 Å². The van der Waals surface area contributed by atoms with E-state index in [2.05, 4.69) is 0 Å². The number of ether oxygens (including phenoxy) is 1. The molecule has 0 bridgehead atoms. The number of carbonyl (C=O) groups is 1. The first-order chi connectivity index (χ1) is 20.2. The highest BCUT2D eigenvalue weighted by molar-refractivity contribution is 7.99. The van der Waals surface area contributed by atoms with Crippen molar-refractivity contribution in [1.29, 1.82) is 0 Å². The third kappa shape index (κ3) is 5.61. The van der Waals surface area contributed by atoms with Crippen molar-refractivity contribution in [2.45, 2.75) is 32.4 Å². The van der Waals surface area contributed by atoms with Gasteiger partial charge in [0.15, 0.2) is 0 Å². The predicted molar refractivity (Wildman–Crippen MR) is 164 cm³/mol. The zero-order valence-corrected chi connectivity index (χ0v) is 25.0. The van der Waals surface area contributed by atoms with Crippen LogP contribution in [0.5, 0.6) is 5.75 Å². The second kappa shape index (κ2) is 11.4. The fourth-order valence-corrected chi connectivity index (χ4v) is 7.71. The number of hydrogen-bond donors (Lipinski definition) is 2. The average molecular weight is 617 g/mol. The number of benzene rings is 4. The molecule has 4 aromatic rings. The molecule has 7 nitrogen and oxygen atoms in total. The lowest BCUT2D eigenvalue weighted by molar-refractivity contribution is -0.138. The smallest absolute Gasteiger partial charge is 0.496 e. The summed E-state index contributed by atoms with van der Waals surface area (Å²) in [5.41, 5.74) is 3.31. The fourth-order valence-electron chi connectivity index (χ4n) is 4.70. The van der Waals surface area contributed by atoms with Crippen molar-refractivity contribution in [2.24, 2.45) is 0 Å². The van der Waals surface area contributed by atoms with Gasteiger partial charge < -0.3 is 18.9 Å². The maximum atomic E-state index is 13.7. The maximum absolute atomic E-state index is 13.7. The van der Waals surface area contributed by atoms with Gasteiger partial charge in [-0.05, 0) is 72.2 Å². The summed E-state index contributed by atoms with van der Waals surface area (Å²) in [7, 11) is -3.19. The van der Waals surface area contributed by atoms with Gasteiger partial charge in [-0.1, -0.05) is 72.1 Å². The van der Waals surface area contributed by atoms with E-state index in [0.29, 0.717) is 28.0 Å². The predicted octanol–water partition coefficient (Wildman–Crippen LogP) is 8.64. The number of carboxylic acids is 1. The van der Waals surface area contributed by atoms with Crippen LogP contribution < -0.4 is 4.74 Å². The molecule has 0 radical (unpaired) electrons. The molecule has 0 amide bonds. The van der Waals surface area contributed by atoms with Gasteiger partial charge in [0.05, 0.1) is 17.9 Å². The summed E-state index contributed by atoms with van der Waals surface area (Å²) < 4.78 is 31.0. The summed E-state index contributed by atoms with van der Waals surface area (Å²) in [4.78, 5) is 26.2. The number of methoxy groups -OCH3 is 1. The van der Waals surface area contributed by atoms with Crippen LogP contribution >= 0.6 is 31.3 Å². The Morgan fingerprint density at radius 3 is 2.19 bits per heavy atom. The number of phosphoric ester groups is 1. The van der Waals surface area contributed by atoms with Gasteiger partial charge >= 0.3 is 13.8 Å². The molecule has 6 rings (SSSR count). The lowest BCUT2D eigenvalue weighted by Crippen LogP contribution is -2.07. The van der Waals surface area contributed by atoms with E-state index in [4.69, 9.17) is 13.8 Å². The molecule has 0 saturated heterocycles. The minimum atomic E-state index is -4.76. The number of carboxylic acid groups (broad SMARTS) is 1. The van der Waals surface area contributed by atoms with Gasteiger partial charge in [0.25, 0.3) is 0 Å². The molecule has 2 unspecified atom stereocenters. The molecule has 10 heteroatoms. The van der Waals surface area contributed by atoms with Gasteiger partial charge in [-0.3, -0.25) is 9.69 Å². The first-order valence-corrected chi connectivity index (χ1v) is 16.1. The van der Waals surface area contributed by atoms with E-state index in [1.807, 2.05) is 54.6 Å². The van der Waals surface area contributed by atoms with Crippen molar-refractivity contribution in [3.63, 3.8) is 0 Å². The van der Waals surface area contributed by atoms with Crippen LogP contribution in [0.1, 0.15) is 40.7 Å². The van der Waals surface area contributed by atoms with E-state index in [0.717, 1.165) is 25.1 Å². The van der Waals surface area contributed by atoms with Crippen molar-refractivity contribution in [3.05, 3.63) is 113 Å². The Kier molecular flexibility index (Phi) is 7.68. The highest BCUT2D eigenvalue weighted by Gasteiger charge is 2.33. The third-order valence-electron chi connectivity index (χ3n) is 6.87. The topological polar surface area (TPSA) is 102 Å². The molecular formula is C32H25O7PS2. The first-order valence-electron chi connectivity index (χ1n) is 13.0. The van der Waals surface area contributed by atoms with Crippen molar-refractivity contribution in [3.8, 4) is 5.75 Å². The van der Waals surface area contributed by atoms with Gasteiger partial charge in [0.1, 0.15) is 17.3 Å². The fraction of sp³-hybridized carbons (Fsp3) is 0.0938. The van der Waals surface area contributed by atoms with Crippen molar-refractivity contribution in [2.75, 3.05) is 7.11 Å². The van der Waals surface area contributed by atoms with Crippen LogP contribution in [0.15, 0.2) is 105 Å². The van der Waals surface area contributed by atoms with Crippen molar-refractivity contribution in [1.82, 2.24) is 0 Å². The largest absolute Gasteiger partial charge is 0.584 e. The number of hydrogen-bond acceptors (Lipinski definition) is 7.